The second kappa shape index (κ2) is 4.33. The Morgan fingerprint density at radius 1 is 1.35 bits per heavy atom. The third-order valence-electron chi connectivity index (χ3n) is 3.54. The van der Waals surface area contributed by atoms with Crippen LogP contribution in [0.5, 0.6) is 5.75 Å². The summed E-state index contributed by atoms with van der Waals surface area (Å²) in [5, 5.41) is 0. The summed E-state index contributed by atoms with van der Waals surface area (Å²) in [5.74, 6) is 0.862. The first-order valence-electron chi connectivity index (χ1n) is 6.01. The van der Waals surface area contributed by atoms with Crippen LogP contribution < -0.4 is 4.74 Å². The van der Waals surface area contributed by atoms with Crippen molar-refractivity contribution in [1.82, 2.24) is 9.55 Å². The standard InChI is InChI=1S/C13H15BrN2O/c1-17-10-6-7-12-11(8-10)15-13(14)16(12)9-4-2-3-5-9/h6-9H,2-5H2,1H3. The number of imidazole rings is 1. The molecule has 0 unspecified atom stereocenters. The maximum Gasteiger partial charge on any atom is 0.178 e. The molecular formula is C13H15BrN2O. The van der Waals surface area contributed by atoms with E-state index in [1.165, 1.54) is 31.2 Å². The Kier molecular flexibility index (Phi) is 2.82. The van der Waals surface area contributed by atoms with Gasteiger partial charge in [-0.15, -0.1) is 0 Å². The molecule has 1 heterocycles. The lowest BCUT2D eigenvalue weighted by molar-refractivity contribution is 0.415. The van der Waals surface area contributed by atoms with Gasteiger partial charge in [-0.25, -0.2) is 4.98 Å². The molecule has 17 heavy (non-hydrogen) atoms. The van der Waals surface area contributed by atoms with Crippen molar-refractivity contribution in [3.8, 4) is 5.75 Å². The van der Waals surface area contributed by atoms with Crippen molar-refractivity contribution in [1.29, 1.82) is 0 Å². The van der Waals surface area contributed by atoms with Gasteiger partial charge < -0.3 is 9.30 Å². The lowest BCUT2D eigenvalue weighted by atomic mass is 10.2. The molecule has 0 N–H and O–H groups in total. The molecule has 0 radical (unpaired) electrons. The van der Waals surface area contributed by atoms with Crippen LogP contribution in [0.25, 0.3) is 11.0 Å². The molecule has 1 aromatic heterocycles. The average Bonchev–Trinajstić information content (AvgIpc) is 2.93. The molecule has 1 fully saturated rings. The number of hydrogen-bond acceptors (Lipinski definition) is 2. The summed E-state index contributed by atoms with van der Waals surface area (Å²) in [6, 6.07) is 6.69. The second-order valence-corrected chi connectivity index (χ2v) is 5.25. The SMILES string of the molecule is COc1ccc2c(c1)nc(Br)n2C1CCCC1. The zero-order valence-corrected chi connectivity index (χ0v) is 11.4. The van der Waals surface area contributed by atoms with Gasteiger partial charge in [0, 0.05) is 12.1 Å². The van der Waals surface area contributed by atoms with Gasteiger partial charge in [0.2, 0.25) is 0 Å². The summed E-state index contributed by atoms with van der Waals surface area (Å²) >= 11 is 3.58. The van der Waals surface area contributed by atoms with Crippen molar-refractivity contribution in [3.63, 3.8) is 0 Å². The van der Waals surface area contributed by atoms with Gasteiger partial charge in [0.25, 0.3) is 0 Å². The summed E-state index contributed by atoms with van der Waals surface area (Å²) < 4.78 is 8.49. The number of benzene rings is 1. The molecule has 0 spiro atoms. The van der Waals surface area contributed by atoms with Crippen molar-refractivity contribution < 1.29 is 4.74 Å². The summed E-state index contributed by atoms with van der Waals surface area (Å²) in [4.78, 5) is 4.57. The Morgan fingerprint density at radius 2 is 2.12 bits per heavy atom. The van der Waals surface area contributed by atoms with Gasteiger partial charge >= 0.3 is 0 Å². The van der Waals surface area contributed by atoms with Crippen LogP contribution in [0, 0.1) is 0 Å². The Morgan fingerprint density at radius 3 is 2.82 bits per heavy atom. The van der Waals surface area contributed by atoms with Crippen molar-refractivity contribution in [3.05, 3.63) is 22.9 Å². The number of nitrogens with zero attached hydrogens (tertiary/aromatic N) is 2. The first-order chi connectivity index (χ1) is 8.29. The topological polar surface area (TPSA) is 27.1 Å². The van der Waals surface area contributed by atoms with E-state index in [9.17, 15) is 0 Å². The lowest BCUT2D eigenvalue weighted by Gasteiger charge is -2.13. The molecule has 1 aliphatic rings. The molecule has 4 heteroatoms. The zero-order valence-electron chi connectivity index (χ0n) is 9.82. The molecule has 3 nitrogen and oxygen atoms in total. The summed E-state index contributed by atoms with van der Waals surface area (Å²) in [7, 11) is 1.68. The van der Waals surface area contributed by atoms with E-state index >= 15 is 0 Å². The fourth-order valence-electron chi connectivity index (χ4n) is 2.69. The Balaban J connectivity index is 2.13. The van der Waals surface area contributed by atoms with Crippen LogP contribution in [0.15, 0.2) is 22.9 Å². The molecule has 1 aliphatic carbocycles. The van der Waals surface area contributed by atoms with Gasteiger partial charge in [-0.05, 0) is 40.9 Å². The highest BCUT2D eigenvalue weighted by Gasteiger charge is 2.21. The molecule has 0 atom stereocenters. The van der Waals surface area contributed by atoms with Gasteiger partial charge in [-0.1, -0.05) is 12.8 Å². The van der Waals surface area contributed by atoms with E-state index < -0.39 is 0 Å². The van der Waals surface area contributed by atoms with Crippen LogP contribution in [-0.4, -0.2) is 16.7 Å². The Hall–Kier alpha value is -1.03. The maximum atomic E-state index is 5.23. The number of aromatic nitrogens is 2. The number of hydrogen-bond donors (Lipinski definition) is 0. The van der Waals surface area contributed by atoms with Crippen LogP contribution >= 0.6 is 15.9 Å². The predicted molar refractivity (Wildman–Crippen MR) is 71.5 cm³/mol. The van der Waals surface area contributed by atoms with Crippen molar-refractivity contribution in [2.45, 2.75) is 31.7 Å². The monoisotopic (exact) mass is 294 g/mol. The minimum absolute atomic E-state index is 0.600. The van der Waals surface area contributed by atoms with Gasteiger partial charge in [0.15, 0.2) is 4.73 Å². The molecule has 3 rings (SSSR count). The van der Waals surface area contributed by atoms with Crippen LogP contribution in [0.2, 0.25) is 0 Å². The first kappa shape index (κ1) is 11.1. The molecule has 0 amide bonds. The second-order valence-electron chi connectivity index (χ2n) is 4.54. The van der Waals surface area contributed by atoms with Crippen molar-refractivity contribution >= 4 is 27.0 Å². The number of halogens is 1. The van der Waals surface area contributed by atoms with Crippen LogP contribution in [0.4, 0.5) is 0 Å². The molecule has 2 aromatic rings. The molecule has 0 bridgehead atoms. The maximum absolute atomic E-state index is 5.23. The molecule has 1 saturated carbocycles. The highest BCUT2D eigenvalue weighted by molar-refractivity contribution is 9.10. The zero-order chi connectivity index (χ0) is 11.8. The van der Waals surface area contributed by atoms with E-state index in [0.717, 1.165) is 16.0 Å². The van der Waals surface area contributed by atoms with Crippen molar-refractivity contribution in [2.75, 3.05) is 7.11 Å². The molecular weight excluding hydrogens is 280 g/mol. The van der Waals surface area contributed by atoms with E-state index in [1.807, 2.05) is 12.1 Å². The summed E-state index contributed by atoms with van der Waals surface area (Å²) in [6.07, 6.45) is 5.17. The van der Waals surface area contributed by atoms with Crippen LogP contribution in [0.3, 0.4) is 0 Å². The summed E-state index contributed by atoms with van der Waals surface area (Å²) in [6.45, 7) is 0. The number of rotatable bonds is 2. The minimum atomic E-state index is 0.600. The fraction of sp³-hybridized carbons (Fsp3) is 0.462. The Bertz CT molecular complexity index is 544. The number of methoxy groups -OCH3 is 1. The molecule has 90 valence electrons. The molecule has 0 saturated heterocycles. The average molecular weight is 295 g/mol. The summed E-state index contributed by atoms with van der Waals surface area (Å²) in [5.41, 5.74) is 2.20. The predicted octanol–water partition coefficient (Wildman–Crippen LogP) is 3.92. The van der Waals surface area contributed by atoms with Gasteiger partial charge in [0.05, 0.1) is 18.1 Å². The fourth-order valence-corrected chi connectivity index (χ4v) is 3.36. The van der Waals surface area contributed by atoms with E-state index in [4.69, 9.17) is 4.74 Å². The highest BCUT2D eigenvalue weighted by atomic mass is 79.9. The van der Waals surface area contributed by atoms with Gasteiger partial charge in [-0.2, -0.15) is 0 Å². The van der Waals surface area contributed by atoms with Gasteiger partial charge in [0.1, 0.15) is 5.75 Å². The van der Waals surface area contributed by atoms with Crippen molar-refractivity contribution in [2.24, 2.45) is 0 Å². The lowest BCUT2D eigenvalue weighted by Crippen LogP contribution is -2.04. The third kappa shape index (κ3) is 1.84. The number of ether oxygens (including phenoxy) is 1. The first-order valence-corrected chi connectivity index (χ1v) is 6.80. The highest BCUT2D eigenvalue weighted by Crippen LogP contribution is 2.35. The number of fused-ring (bicyclic) bond motifs is 1. The molecule has 0 aliphatic heterocycles. The van der Waals surface area contributed by atoms with E-state index in [-0.39, 0.29) is 0 Å². The largest absolute Gasteiger partial charge is 0.497 e. The quantitative estimate of drug-likeness (QED) is 0.839. The van der Waals surface area contributed by atoms with Crippen LogP contribution in [-0.2, 0) is 0 Å². The van der Waals surface area contributed by atoms with E-state index in [0.29, 0.717) is 6.04 Å². The normalized spacial score (nSPS) is 16.8. The van der Waals surface area contributed by atoms with E-state index in [2.05, 4.69) is 31.5 Å². The smallest absolute Gasteiger partial charge is 0.178 e. The van der Waals surface area contributed by atoms with E-state index in [1.54, 1.807) is 7.11 Å². The van der Waals surface area contributed by atoms with Gasteiger partial charge in [-0.3, -0.25) is 0 Å². The minimum Gasteiger partial charge on any atom is -0.497 e. The third-order valence-corrected chi connectivity index (χ3v) is 4.10. The van der Waals surface area contributed by atoms with Crippen LogP contribution in [0.1, 0.15) is 31.7 Å². The molecule has 1 aromatic carbocycles. The Labute approximate surface area is 109 Å².